The fraction of sp³-hybridized carbons (Fsp3) is 0.533. The highest BCUT2D eigenvalue weighted by atomic mass is 35.5. The molecule has 0 saturated carbocycles. The van der Waals surface area contributed by atoms with Gasteiger partial charge in [-0.25, -0.2) is 0 Å². The van der Waals surface area contributed by atoms with Crippen molar-refractivity contribution in [2.75, 3.05) is 13.1 Å². The average Bonchev–Trinajstić information content (AvgIpc) is 2.46. The van der Waals surface area contributed by atoms with Gasteiger partial charge < -0.3 is 15.4 Å². The molecule has 0 aliphatic carbocycles. The van der Waals surface area contributed by atoms with E-state index in [1.165, 1.54) is 12.1 Å². The van der Waals surface area contributed by atoms with Crippen LogP contribution in [-0.4, -0.2) is 31.4 Å². The second-order valence-electron chi connectivity index (χ2n) is 5.28. The second kappa shape index (κ2) is 8.98. The molecule has 1 aliphatic rings. The topological polar surface area (TPSA) is 50.4 Å². The van der Waals surface area contributed by atoms with Crippen LogP contribution < -0.4 is 15.4 Å². The van der Waals surface area contributed by atoms with Gasteiger partial charge in [0.15, 0.2) is 0 Å². The first kappa shape index (κ1) is 19.6. The van der Waals surface area contributed by atoms with E-state index in [-0.39, 0.29) is 30.1 Å². The van der Waals surface area contributed by atoms with Gasteiger partial charge in [-0.3, -0.25) is 4.79 Å². The van der Waals surface area contributed by atoms with Crippen LogP contribution in [0.25, 0.3) is 0 Å². The highest BCUT2D eigenvalue weighted by molar-refractivity contribution is 5.85. The molecule has 1 aromatic carbocycles. The first-order valence-corrected chi connectivity index (χ1v) is 7.27. The minimum Gasteiger partial charge on any atom is -0.406 e. The molecule has 0 bridgehead atoms. The molecule has 23 heavy (non-hydrogen) atoms. The van der Waals surface area contributed by atoms with Crippen LogP contribution in [0.3, 0.4) is 0 Å². The van der Waals surface area contributed by atoms with Gasteiger partial charge in [0.05, 0.1) is 0 Å². The number of nitrogens with one attached hydrogen (secondary N) is 2. The molecule has 1 amide bonds. The van der Waals surface area contributed by atoms with Crippen molar-refractivity contribution in [3.8, 4) is 5.75 Å². The van der Waals surface area contributed by atoms with Gasteiger partial charge >= 0.3 is 6.36 Å². The molecule has 0 spiro atoms. The van der Waals surface area contributed by atoms with Crippen LogP contribution in [-0.2, 0) is 11.2 Å². The van der Waals surface area contributed by atoms with E-state index < -0.39 is 6.36 Å². The van der Waals surface area contributed by atoms with Gasteiger partial charge in [-0.1, -0.05) is 12.1 Å². The number of halogens is 4. The molecule has 1 aromatic rings. The number of rotatable bonds is 5. The third-order valence-electron chi connectivity index (χ3n) is 3.50. The normalized spacial score (nSPS) is 15.6. The van der Waals surface area contributed by atoms with Crippen molar-refractivity contribution in [1.29, 1.82) is 0 Å². The van der Waals surface area contributed by atoms with Gasteiger partial charge in [-0.2, -0.15) is 0 Å². The lowest BCUT2D eigenvalue weighted by Gasteiger charge is -2.23. The third kappa shape index (κ3) is 7.56. The van der Waals surface area contributed by atoms with Crippen molar-refractivity contribution in [2.24, 2.45) is 0 Å². The smallest absolute Gasteiger partial charge is 0.406 e. The third-order valence-corrected chi connectivity index (χ3v) is 3.50. The highest BCUT2D eigenvalue weighted by Gasteiger charge is 2.30. The van der Waals surface area contributed by atoms with Gasteiger partial charge in [0.25, 0.3) is 0 Å². The Balaban J connectivity index is 0.00000264. The summed E-state index contributed by atoms with van der Waals surface area (Å²) in [5.41, 5.74) is 0.801. The molecule has 4 nitrogen and oxygen atoms in total. The monoisotopic (exact) mass is 352 g/mol. The first-order chi connectivity index (χ1) is 10.4. The van der Waals surface area contributed by atoms with E-state index in [0.717, 1.165) is 31.5 Å². The van der Waals surface area contributed by atoms with E-state index in [1.54, 1.807) is 12.1 Å². The van der Waals surface area contributed by atoms with Gasteiger partial charge in [0.2, 0.25) is 5.91 Å². The van der Waals surface area contributed by atoms with Crippen molar-refractivity contribution >= 4 is 18.3 Å². The maximum atomic E-state index is 12.0. The fourth-order valence-electron chi connectivity index (χ4n) is 2.38. The summed E-state index contributed by atoms with van der Waals surface area (Å²) in [6.07, 6.45) is -2.02. The average molecular weight is 353 g/mol. The predicted molar refractivity (Wildman–Crippen MR) is 82.7 cm³/mol. The van der Waals surface area contributed by atoms with Crippen molar-refractivity contribution in [2.45, 2.75) is 38.1 Å². The molecular formula is C15H20ClF3N2O2. The van der Waals surface area contributed by atoms with Crippen LogP contribution in [0.5, 0.6) is 5.75 Å². The fourth-order valence-corrected chi connectivity index (χ4v) is 2.38. The highest BCUT2D eigenvalue weighted by Crippen LogP contribution is 2.23. The van der Waals surface area contributed by atoms with Crippen LogP contribution in [0.2, 0.25) is 0 Å². The largest absolute Gasteiger partial charge is 0.573 e. The van der Waals surface area contributed by atoms with E-state index in [9.17, 15) is 18.0 Å². The molecule has 0 unspecified atom stereocenters. The molecule has 0 radical (unpaired) electrons. The van der Waals surface area contributed by atoms with Crippen LogP contribution in [0.15, 0.2) is 24.3 Å². The summed E-state index contributed by atoms with van der Waals surface area (Å²) in [6.45, 7) is 1.82. The van der Waals surface area contributed by atoms with E-state index >= 15 is 0 Å². The number of carbonyl (C=O) groups is 1. The summed E-state index contributed by atoms with van der Waals surface area (Å²) in [6, 6.07) is 5.81. The van der Waals surface area contributed by atoms with E-state index in [0.29, 0.717) is 12.8 Å². The first-order valence-electron chi connectivity index (χ1n) is 7.27. The SMILES string of the molecule is Cl.O=C(CCc1ccc(OC(F)(F)F)cc1)NC1CCNCC1. The van der Waals surface area contributed by atoms with Crippen LogP contribution in [0, 0.1) is 0 Å². The Labute approximate surface area is 139 Å². The number of alkyl halides is 3. The zero-order valence-corrected chi connectivity index (χ0v) is 13.3. The van der Waals surface area contributed by atoms with Gasteiger partial charge in [0, 0.05) is 12.5 Å². The summed E-state index contributed by atoms with van der Waals surface area (Å²) >= 11 is 0. The summed E-state index contributed by atoms with van der Waals surface area (Å²) in [5.74, 6) is -0.280. The van der Waals surface area contributed by atoms with Crippen molar-refractivity contribution < 1.29 is 22.7 Å². The molecule has 1 heterocycles. The van der Waals surface area contributed by atoms with Crippen LogP contribution in [0.4, 0.5) is 13.2 Å². The summed E-state index contributed by atoms with van der Waals surface area (Å²) < 4.78 is 39.9. The Morgan fingerprint density at radius 1 is 1.22 bits per heavy atom. The minimum absolute atomic E-state index is 0. The second-order valence-corrected chi connectivity index (χ2v) is 5.28. The lowest BCUT2D eigenvalue weighted by molar-refractivity contribution is -0.274. The number of hydrogen-bond acceptors (Lipinski definition) is 3. The van der Waals surface area contributed by atoms with Gasteiger partial charge in [-0.05, 0) is 50.0 Å². The summed E-state index contributed by atoms with van der Waals surface area (Å²) in [5, 5.41) is 6.20. The Morgan fingerprint density at radius 2 is 1.83 bits per heavy atom. The number of benzene rings is 1. The zero-order valence-electron chi connectivity index (χ0n) is 12.5. The summed E-state index contributed by atoms with van der Waals surface area (Å²) in [7, 11) is 0. The maximum absolute atomic E-state index is 12.0. The van der Waals surface area contributed by atoms with Gasteiger partial charge in [0.1, 0.15) is 5.75 Å². The molecule has 130 valence electrons. The molecular weight excluding hydrogens is 333 g/mol. The van der Waals surface area contributed by atoms with Gasteiger partial charge in [-0.15, -0.1) is 25.6 Å². The number of piperidine rings is 1. The lowest BCUT2D eigenvalue weighted by atomic mass is 10.1. The quantitative estimate of drug-likeness (QED) is 0.856. The Hall–Kier alpha value is -1.47. The molecule has 2 N–H and O–H groups in total. The molecule has 2 rings (SSSR count). The lowest BCUT2D eigenvalue weighted by Crippen LogP contribution is -2.42. The number of aryl methyl sites for hydroxylation is 1. The van der Waals surface area contributed by atoms with E-state index in [2.05, 4.69) is 15.4 Å². The number of hydrogen-bond donors (Lipinski definition) is 2. The molecule has 0 atom stereocenters. The van der Waals surface area contributed by atoms with Crippen molar-refractivity contribution in [3.63, 3.8) is 0 Å². The maximum Gasteiger partial charge on any atom is 0.573 e. The molecule has 0 aromatic heterocycles. The van der Waals surface area contributed by atoms with Crippen LogP contribution in [0.1, 0.15) is 24.8 Å². The molecule has 1 saturated heterocycles. The van der Waals surface area contributed by atoms with Crippen LogP contribution >= 0.6 is 12.4 Å². The number of amides is 1. The molecule has 1 aliphatic heterocycles. The Kier molecular flexibility index (Phi) is 7.64. The minimum atomic E-state index is -4.68. The summed E-state index contributed by atoms with van der Waals surface area (Å²) in [4.78, 5) is 11.8. The predicted octanol–water partition coefficient (Wildman–Crippen LogP) is 2.81. The zero-order chi connectivity index (χ0) is 16.0. The van der Waals surface area contributed by atoms with E-state index in [1.807, 2.05) is 0 Å². The number of ether oxygens (including phenoxy) is 1. The van der Waals surface area contributed by atoms with E-state index in [4.69, 9.17) is 0 Å². The van der Waals surface area contributed by atoms with Crippen molar-refractivity contribution in [3.05, 3.63) is 29.8 Å². The number of carbonyl (C=O) groups excluding carboxylic acids is 1. The Morgan fingerprint density at radius 3 is 2.39 bits per heavy atom. The molecule has 1 fully saturated rings. The molecule has 8 heteroatoms. The van der Waals surface area contributed by atoms with Crippen molar-refractivity contribution in [1.82, 2.24) is 10.6 Å². The standard InChI is InChI=1S/C15H19F3N2O2.ClH/c16-15(17,18)22-13-4-1-11(2-5-13)3-6-14(21)20-12-7-9-19-10-8-12;/h1-2,4-5,12,19H,3,6-10H2,(H,20,21);1H. The Bertz CT molecular complexity index is 488.